The van der Waals surface area contributed by atoms with Crippen molar-refractivity contribution in [2.24, 2.45) is 0 Å². The number of aryl methyl sites for hydroxylation is 1. The summed E-state index contributed by atoms with van der Waals surface area (Å²) in [6, 6.07) is 12.6. The van der Waals surface area contributed by atoms with Crippen LogP contribution in [-0.4, -0.2) is 32.2 Å². The summed E-state index contributed by atoms with van der Waals surface area (Å²) in [6.07, 6.45) is -3.70. The maximum atomic E-state index is 12.7. The first-order valence-corrected chi connectivity index (χ1v) is 8.80. The lowest BCUT2D eigenvalue weighted by Gasteiger charge is -2.28. The molecule has 1 aliphatic heterocycles. The van der Waals surface area contributed by atoms with E-state index in [1.54, 1.807) is 0 Å². The summed E-state index contributed by atoms with van der Waals surface area (Å²) in [5, 5.41) is 2.53. The maximum Gasteiger partial charge on any atom is 0.416 e. The van der Waals surface area contributed by atoms with Crippen LogP contribution in [0.5, 0.6) is 0 Å². The van der Waals surface area contributed by atoms with Gasteiger partial charge in [0, 0.05) is 30.9 Å². The normalized spacial score (nSPS) is 14.9. The van der Waals surface area contributed by atoms with E-state index in [9.17, 15) is 18.0 Å². The van der Waals surface area contributed by atoms with Crippen molar-refractivity contribution < 1.29 is 22.7 Å². The van der Waals surface area contributed by atoms with Crippen molar-refractivity contribution in [2.45, 2.75) is 19.0 Å². The predicted molar refractivity (Wildman–Crippen MR) is 97.9 cm³/mol. The van der Waals surface area contributed by atoms with Gasteiger partial charge >= 0.3 is 6.18 Å². The Kier molecular flexibility index (Phi) is 6.01. The molecular formula is C20H21F3N2O2. The summed E-state index contributed by atoms with van der Waals surface area (Å²) in [6.45, 7) is 3.16. The van der Waals surface area contributed by atoms with Crippen LogP contribution in [0.2, 0.25) is 0 Å². The average Bonchev–Trinajstić information content (AvgIpc) is 2.67. The number of hydrogen-bond acceptors (Lipinski definition) is 3. The van der Waals surface area contributed by atoms with Gasteiger partial charge in [0.15, 0.2) is 0 Å². The Labute approximate surface area is 155 Å². The smallest absolute Gasteiger partial charge is 0.378 e. The Morgan fingerprint density at radius 1 is 1.07 bits per heavy atom. The van der Waals surface area contributed by atoms with Gasteiger partial charge in [-0.15, -0.1) is 0 Å². The van der Waals surface area contributed by atoms with Gasteiger partial charge in [0.25, 0.3) is 0 Å². The number of hydrogen-bond donors (Lipinski definition) is 1. The van der Waals surface area contributed by atoms with Crippen LogP contribution in [0.15, 0.2) is 48.5 Å². The molecule has 0 aliphatic carbocycles. The van der Waals surface area contributed by atoms with E-state index in [0.717, 1.165) is 49.7 Å². The number of alkyl halides is 3. The van der Waals surface area contributed by atoms with Gasteiger partial charge in [-0.05, 0) is 42.3 Å². The topological polar surface area (TPSA) is 41.6 Å². The molecule has 0 saturated carbocycles. The van der Waals surface area contributed by atoms with Gasteiger partial charge in [-0.25, -0.2) is 0 Å². The van der Waals surface area contributed by atoms with Crippen molar-refractivity contribution in [3.63, 3.8) is 0 Å². The second kappa shape index (κ2) is 8.43. The van der Waals surface area contributed by atoms with E-state index in [-0.39, 0.29) is 18.0 Å². The molecular weight excluding hydrogens is 357 g/mol. The third kappa shape index (κ3) is 5.47. The third-order valence-electron chi connectivity index (χ3n) is 4.43. The molecule has 1 fully saturated rings. The molecule has 1 aliphatic rings. The number of ether oxygens (including phenoxy) is 1. The summed E-state index contributed by atoms with van der Waals surface area (Å²) in [5.74, 6) is -0.313. The predicted octanol–water partition coefficient (Wildman–Crippen LogP) is 4.11. The largest absolute Gasteiger partial charge is 0.416 e. The molecule has 2 aromatic rings. The van der Waals surface area contributed by atoms with Crippen molar-refractivity contribution >= 4 is 17.3 Å². The third-order valence-corrected chi connectivity index (χ3v) is 4.43. The number of carbonyl (C=O) groups is 1. The summed E-state index contributed by atoms with van der Waals surface area (Å²) in [4.78, 5) is 14.3. The lowest BCUT2D eigenvalue weighted by atomic mass is 10.1. The second-order valence-corrected chi connectivity index (χ2v) is 6.39. The van der Waals surface area contributed by atoms with E-state index in [4.69, 9.17) is 4.74 Å². The van der Waals surface area contributed by atoms with E-state index in [1.807, 2.05) is 24.3 Å². The molecule has 144 valence electrons. The van der Waals surface area contributed by atoms with Gasteiger partial charge in [-0.1, -0.05) is 18.2 Å². The van der Waals surface area contributed by atoms with Gasteiger partial charge in [-0.3, -0.25) is 4.79 Å². The van der Waals surface area contributed by atoms with Crippen molar-refractivity contribution in [3.05, 3.63) is 59.7 Å². The zero-order chi connectivity index (χ0) is 19.3. The number of amides is 1. The summed E-state index contributed by atoms with van der Waals surface area (Å²) >= 11 is 0. The number of rotatable bonds is 5. The molecule has 1 heterocycles. The van der Waals surface area contributed by atoms with Crippen molar-refractivity contribution in [1.29, 1.82) is 0 Å². The minimum atomic E-state index is -4.43. The number of carbonyl (C=O) groups excluding carboxylic acids is 1. The van der Waals surface area contributed by atoms with Gasteiger partial charge in [-0.2, -0.15) is 13.2 Å². The highest BCUT2D eigenvalue weighted by Crippen LogP contribution is 2.30. The van der Waals surface area contributed by atoms with Crippen LogP contribution in [0.3, 0.4) is 0 Å². The van der Waals surface area contributed by atoms with Crippen molar-refractivity contribution in [2.75, 3.05) is 36.5 Å². The van der Waals surface area contributed by atoms with Crippen LogP contribution < -0.4 is 10.2 Å². The maximum absolute atomic E-state index is 12.7. The number of anilines is 2. The fourth-order valence-corrected chi connectivity index (χ4v) is 2.95. The molecule has 2 aromatic carbocycles. The molecule has 1 saturated heterocycles. The number of morpholine rings is 1. The van der Waals surface area contributed by atoms with E-state index in [1.165, 1.54) is 12.1 Å². The van der Waals surface area contributed by atoms with Crippen molar-refractivity contribution in [1.82, 2.24) is 0 Å². The molecule has 0 spiro atoms. The molecule has 1 N–H and O–H groups in total. The lowest BCUT2D eigenvalue weighted by molar-refractivity contribution is -0.137. The Balaban J connectivity index is 1.52. The number of benzene rings is 2. The van der Waals surface area contributed by atoms with E-state index in [2.05, 4.69) is 10.2 Å². The number of nitrogens with one attached hydrogen (secondary N) is 1. The van der Waals surface area contributed by atoms with Crippen LogP contribution in [-0.2, 0) is 22.1 Å². The highest BCUT2D eigenvalue weighted by molar-refractivity contribution is 5.90. The van der Waals surface area contributed by atoms with Gasteiger partial charge in [0.1, 0.15) is 0 Å². The monoisotopic (exact) mass is 378 g/mol. The molecule has 27 heavy (non-hydrogen) atoms. The fraction of sp³-hybridized carbons (Fsp3) is 0.350. The molecule has 3 rings (SSSR count). The van der Waals surface area contributed by atoms with Crippen LogP contribution >= 0.6 is 0 Å². The highest BCUT2D eigenvalue weighted by Gasteiger charge is 2.30. The summed E-state index contributed by atoms with van der Waals surface area (Å²) in [5.41, 5.74) is 1.50. The average molecular weight is 378 g/mol. The van der Waals surface area contributed by atoms with Crippen LogP contribution in [0.1, 0.15) is 17.5 Å². The van der Waals surface area contributed by atoms with Crippen LogP contribution in [0.25, 0.3) is 0 Å². The summed E-state index contributed by atoms with van der Waals surface area (Å²) in [7, 11) is 0. The minimum Gasteiger partial charge on any atom is -0.378 e. The standard InChI is InChI=1S/C20H21F3N2O2/c21-20(22,23)16-2-1-3-17(14-16)24-19(26)9-6-15-4-7-18(8-5-15)25-10-12-27-13-11-25/h1-5,7-8,14H,6,9-13H2,(H,24,26). The zero-order valence-corrected chi connectivity index (χ0v) is 14.8. The lowest BCUT2D eigenvalue weighted by Crippen LogP contribution is -2.36. The molecule has 0 atom stereocenters. The zero-order valence-electron chi connectivity index (χ0n) is 14.8. The molecule has 0 aromatic heterocycles. The van der Waals surface area contributed by atoms with Crippen LogP contribution in [0.4, 0.5) is 24.5 Å². The van der Waals surface area contributed by atoms with Gasteiger partial charge < -0.3 is 15.0 Å². The quantitative estimate of drug-likeness (QED) is 0.851. The first kappa shape index (κ1) is 19.2. The Bertz CT molecular complexity index is 770. The van der Waals surface area contributed by atoms with E-state index in [0.29, 0.717) is 6.42 Å². The Hall–Kier alpha value is -2.54. The minimum absolute atomic E-state index is 0.150. The first-order valence-electron chi connectivity index (χ1n) is 8.80. The molecule has 4 nitrogen and oxygen atoms in total. The van der Waals surface area contributed by atoms with Gasteiger partial charge in [0.2, 0.25) is 5.91 Å². The SMILES string of the molecule is O=C(CCc1ccc(N2CCOCC2)cc1)Nc1cccc(C(F)(F)F)c1. The van der Waals surface area contributed by atoms with E-state index >= 15 is 0 Å². The van der Waals surface area contributed by atoms with Gasteiger partial charge in [0.05, 0.1) is 18.8 Å². The molecule has 0 bridgehead atoms. The number of nitrogens with zero attached hydrogens (tertiary/aromatic N) is 1. The Morgan fingerprint density at radius 2 is 1.78 bits per heavy atom. The van der Waals surface area contributed by atoms with Crippen LogP contribution in [0, 0.1) is 0 Å². The Morgan fingerprint density at radius 3 is 2.44 bits per heavy atom. The summed E-state index contributed by atoms with van der Waals surface area (Å²) < 4.78 is 43.5. The molecule has 7 heteroatoms. The fourth-order valence-electron chi connectivity index (χ4n) is 2.95. The number of halogens is 3. The van der Waals surface area contributed by atoms with Crippen molar-refractivity contribution in [3.8, 4) is 0 Å². The molecule has 0 radical (unpaired) electrons. The molecule has 1 amide bonds. The first-order chi connectivity index (χ1) is 12.9. The highest BCUT2D eigenvalue weighted by atomic mass is 19.4. The molecule has 0 unspecified atom stereocenters. The van der Waals surface area contributed by atoms with E-state index < -0.39 is 11.7 Å². The second-order valence-electron chi connectivity index (χ2n) is 6.39.